The van der Waals surface area contributed by atoms with Gasteiger partial charge in [0.25, 0.3) is 0 Å². The fourth-order valence-electron chi connectivity index (χ4n) is 4.02. The summed E-state index contributed by atoms with van der Waals surface area (Å²) in [5.41, 5.74) is 3.75. The molecule has 1 aromatic heterocycles. The van der Waals surface area contributed by atoms with Crippen molar-refractivity contribution in [1.29, 1.82) is 5.26 Å². The van der Waals surface area contributed by atoms with Crippen LogP contribution in [-0.4, -0.2) is 23.7 Å². The predicted octanol–water partition coefficient (Wildman–Crippen LogP) is 3.99. The number of anilines is 2. The summed E-state index contributed by atoms with van der Waals surface area (Å²) in [5.74, 6) is 1.29. The van der Waals surface area contributed by atoms with Gasteiger partial charge in [-0.1, -0.05) is 12.8 Å². The van der Waals surface area contributed by atoms with Gasteiger partial charge in [-0.3, -0.25) is 4.72 Å². The third-order valence-electron chi connectivity index (χ3n) is 5.64. The lowest BCUT2D eigenvalue weighted by molar-refractivity contribution is 0.563. The van der Waals surface area contributed by atoms with Crippen LogP contribution >= 0.6 is 0 Å². The SMILES string of the molecule is Cn1c(CNc2ccc(C#N)cc2)nc2cc(NS(=O)(=O)CC3CCCC3)ccc21. The van der Waals surface area contributed by atoms with Crippen LogP contribution in [0.15, 0.2) is 42.5 Å². The second-order valence-corrected chi connectivity index (χ2v) is 9.63. The van der Waals surface area contributed by atoms with E-state index in [0.717, 1.165) is 48.2 Å². The lowest BCUT2D eigenvalue weighted by Crippen LogP contribution is -2.21. The Hall–Kier alpha value is -3.05. The summed E-state index contributed by atoms with van der Waals surface area (Å²) in [6, 6.07) is 14.8. The van der Waals surface area contributed by atoms with Gasteiger partial charge < -0.3 is 9.88 Å². The Kier molecular flexibility index (Phi) is 5.64. The van der Waals surface area contributed by atoms with Gasteiger partial charge in [0.1, 0.15) is 5.82 Å². The van der Waals surface area contributed by atoms with Gasteiger partial charge in [-0.2, -0.15) is 5.26 Å². The van der Waals surface area contributed by atoms with E-state index in [9.17, 15) is 8.42 Å². The zero-order chi connectivity index (χ0) is 21.1. The molecule has 0 radical (unpaired) electrons. The molecular weight excluding hydrogens is 398 g/mol. The van der Waals surface area contributed by atoms with E-state index in [0.29, 0.717) is 17.8 Å². The van der Waals surface area contributed by atoms with Crippen molar-refractivity contribution in [3.63, 3.8) is 0 Å². The number of nitrogens with zero attached hydrogens (tertiary/aromatic N) is 3. The number of rotatable bonds is 7. The summed E-state index contributed by atoms with van der Waals surface area (Å²) in [6.45, 7) is 0.514. The predicted molar refractivity (Wildman–Crippen MR) is 119 cm³/mol. The highest BCUT2D eigenvalue weighted by molar-refractivity contribution is 7.92. The average molecular weight is 424 g/mol. The molecule has 0 bridgehead atoms. The number of fused-ring (bicyclic) bond motifs is 1. The minimum Gasteiger partial charge on any atom is -0.378 e. The number of aromatic nitrogens is 2. The van der Waals surface area contributed by atoms with E-state index >= 15 is 0 Å². The molecule has 0 saturated heterocycles. The first kappa shape index (κ1) is 20.2. The van der Waals surface area contributed by atoms with Crippen molar-refractivity contribution in [3.05, 3.63) is 53.9 Å². The average Bonchev–Trinajstić information content (AvgIpc) is 3.33. The summed E-state index contributed by atoms with van der Waals surface area (Å²) >= 11 is 0. The Morgan fingerprint density at radius 3 is 2.53 bits per heavy atom. The summed E-state index contributed by atoms with van der Waals surface area (Å²) in [4.78, 5) is 4.67. The maximum Gasteiger partial charge on any atom is 0.232 e. The van der Waals surface area contributed by atoms with Gasteiger partial charge in [-0.15, -0.1) is 0 Å². The molecule has 0 unspecified atom stereocenters. The summed E-state index contributed by atoms with van der Waals surface area (Å²) < 4.78 is 29.7. The Morgan fingerprint density at radius 2 is 1.83 bits per heavy atom. The summed E-state index contributed by atoms with van der Waals surface area (Å²) in [6.07, 6.45) is 4.24. The molecule has 1 aliphatic carbocycles. The minimum absolute atomic E-state index is 0.188. The van der Waals surface area contributed by atoms with Crippen molar-refractivity contribution in [2.45, 2.75) is 32.2 Å². The fourth-order valence-corrected chi connectivity index (χ4v) is 5.55. The van der Waals surface area contributed by atoms with Gasteiger partial charge in [0.15, 0.2) is 0 Å². The second-order valence-electron chi connectivity index (χ2n) is 7.87. The molecule has 0 amide bonds. The molecule has 4 rings (SSSR count). The molecule has 1 heterocycles. The molecule has 2 N–H and O–H groups in total. The third-order valence-corrected chi connectivity index (χ3v) is 7.10. The van der Waals surface area contributed by atoms with E-state index in [1.807, 2.05) is 29.8 Å². The molecule has 30 heavy (non-hydrogen) atoms. The van der Waals surface area contributed by atoms with Gasteiger partial charge in [-0.05, 0) is 61.2 Å². The maximum atomic E-state index is 12.5. The topological polar surface area (TPSA) is 99.8 Å². The minimum atomic E-state index is -3.36. The van der Waals surface area contributed by atoms with Crippen LogP contribution in [0.3, 0.4) is 0 Å². The largest absolute Gasteiger partial charge is 0.378 e. The summed E-state index contributed by atoms with van der Waals surface area (Å²) in [5, 5.41) is 12.2. The van der Waals surface area contributed by atoms with E-state index < -0.39 is 10.0 Å². The molecule has 3 aromatic rings. The quantitative estimate of drug-likeness (QED) is 0.599. The highest BCUT2D eigenvalue weighted by Gasteiger charge is 2.22. The molecule has 2 aromatic carbocycles. The highest BCUT2D eigenvalue weighted by Crippen LogP contribution is 2.27. The molecule has 156 valence electrons. The van der Waals surface area contributed by atoms with Crippen molar-refractivity contribution >= 4 is 32.4 Å². The molecule has 7 nitrogen and oxygen atoms in total. The summed E-state index contributed by atoms with van der Waals surface area (Å²) in [7, 11) is -1.42. The standard InChI is InChI=1S/C22H25N5O2S/c1-27-21-11-10-19(26-30(28,29)15-17-4-2-3-5-17)12-20(21)25-22(27)14-24-18-8-6-16(13-23)7-9-18/h6-12,17,24,26H,2-5,14-15H2,1H3. The molecule has 0 aliphatic heterocycles. The van der Waals surface area contributed by atoms with Crippen molar-refractivity contribution in [3.8, 4) is 6.07 Å². The van der Waals surface area contributed by atoms with Crippen LogP contribution in [0.5, 0.6) is 0 Å². The van der Waals surface area contributed by atoms with Crippen LogP contribution in [0, 0.1) is 17.2 Å². The Bertz CT molecular complexity index is 1190. The van der Waals surface area contributed by atoms with Crippen LogP contribution in [0.4, 0.5) is 11.4 Å². The number of hydrogen-bond acceptors (Lipinski definition) is 5. The number of sulfonamides is 1. The van der Waals surface area contributed by atoms with Crippen molar-refractivity contribution in [2.75, 3.05) is 15.8 Å². The monoisotopic (exact) mass is 423 g/mol. The second kappa shape index (κ2) is 8.36. The van der Waals surface area contributed by atoms with E-state index in [1.54, 1.807) is 24.3 Å². The number of benzene rings is 2. The first-order valence-corrected chi connectivity index (χ1v) is 11.8. The molecule has 0 atom stereocenters. The van der Waals surface area contributed by atoms with Crippen LogP contribution in [0.2, 0.25) is 0 Å². The Balaban J connectivity index is 1.47. The molecule has 1 aliphatic rings. The van der Waals surface area contributed by atoms with Gasteiger partial charge in [0, 0.05) is 12.7 Å². The first-order chi connectivity index (χ1) is 14.4. The van der Waals surface area contributed by atoms with Crippen LogP contribution in [-0.2, 0) is 23.6 Å². The molecule has 8 heteroatoms. The lowest BCUT2D eigenvalue weighted by atomic mass is 10.1. The van der Waals surface area contributed by atoms with Crippen molar-refractivity contribution in [1.82, 2.24) is 9.55 Å². The maximum absolute atomic E-state index is 12.5. The number of nitriles is 1. The Labute approximate surface area is 176 Å². The van der Waals surface area contributed by atoms with Gasteiger partial charge >= 0.3 is 0 Å². The van der Waals surface area contributed by atoms with E-state index in [-0.39, 0.29) is 11.7 Å². The highest BCUT2D eigenvalue weighted by atomic mass is 32.2. The zero-order valence-corrected chi connectivity index (χ0v) is 17.7. The first-order valence-electron chi connectivity index (χ1n) is 10.1. The van der Waals surface area contributed by atoms with Crippen LogP contribution < -0.4 is 10.0 Å². The molecule has 0 spiro atoms. The Morgan fingerprint density at radius 1 is 1.13 bits per heavy atom. The molecule has 1 saturated carbocycles. The number of nitrogens with one attached hydrogen (secondary N) is 2. The van der Waals surface area contributed by atoms with Crippen LogP contribution in [0.1, 0.15) is 37.1 Å². The fraction of sp³-hybridized carbons (Fsp3) is 0.364. The van der Waals surface area contributed by atoms with Crippen molar-refractivity contribution < 1.29 is 8.42 Å². The number of aryl methyl sites for hydroxylation is 1. The van der Waals surface area contributed by atoms with Crippen LogP contribution in [0.25, 0.3) is 11.0 Å². The zero-order valence-electron chi connectivity index (χ0n) is 16.9. The van der Waals surface area contributed by atoms with Gasteiger partial charge in [0.2, 0.25) is 10.0 Å². The molecular formula is C22H25N5O2S. The van der Waals surface area contributed by atoms with Crippen molar-refractivity contribution in [2.24, 2.45) is 13.0 Å². The number of imidazole rings is 1. The van der Waals surface area contributed by atoms with E-state index in [4.69, 9.17) is 5.26 Å². The van der Waals surface area contributed by atoms with E-state index in [1.165, 1.54) is 0 Å². The third kappa shape index (κ3) is 4.57. The normalized spacial score (nSPS) is 14.7. The number of hydrogen-bond donors (Lipinski definition) is 2. The lowest BCUT2D eigenvalue weighted by Gasteiger charge is -2.12. The van der Waals surface area contributed by atoms with E-state index in [2.05, 4.69) is 21.1 Å². The van der Waals surface area contributed by atoms with Gasteiger partial charge in [0.05, 0.1) is 40.7 Å². The van der Waals surface area contributed by atoms with Gasteiger partial charge in [-0.25, -0.2) is 13.4 Å². The molecule has 1 fully saturated rings. The smallest absolute Gasteiger partial charge is 0.232 e.